The van der Waals surface area contributed by atoms with Gasteiger partial charge in [-0.2, -0.15) is 0 Å². The van der Waals surface area contributed by atoms with Crippen LogP contribution in [0, 0.1) is 0 Å². The summed E-state index contributed by atoms with van der Waals surface area (Å²) in [4.78, 5) is 38.0. The Labute approximate surface area is 169 Å². The fourth-order valence-electron chi connectivity index (χ4n) is 2.63. The predicted molar refractivity (Wildman–Crippen MR) is 112 cm³/mol. The molecule has 3 aromatic rings. The van der Waals surface area contributed by atoms with E-state index in [1.54, 1.807) is 36.7 Å². The predicted octanol–water partition coefficient (Wildman–Crippen LogP) is 2.76. The molecule has 8 nitrogen and oxygen atoms in total. The zero-order valence-electron chi connectivity index (χ0n) is 16.3. The van der Waals surface area contributed by atoms with Crippen LogP contribution < -0.4 is 15.5 Å². The molecular weight excluding hydrogens is 368 g/mol. The Balaban J connectivity index is 1.56. The van der Waals surface area contributed by atoms with Gasteiger partial charge in [0.2, 0.25) is 11.9 Å². The van der Waals surface area contributed by atoms with Crippen molar-refractivity contribution >= 4 is 29.1 Å². The van der Waals surface area contributed by atoms with E-state index in [2.05, 4.69) is 25.6 Å². The third-order valence-electron chi connectivity index (χ3n) is 4.19. The van der Waals surface area contributed by atoms with Gasteiger partial charge >= 0.3 is 0 Å². The maximum atomic E-state index is 12.4. The summed E-state index contributed by atoms with van der Waals surface area (Å²) in [6.45, 7) is 2.19. The second kappa shape index (κ2) is 9.41. The van der Waals surface area contributed by atoms with Gasteiger partial charge in [-0.25, -0.2) is 9.97 Å². The lowest BCUT2D eigenvalue weighted by molar-refractivity contribution is -0.114. The van der Waals surface area contributed by atoms with Crippen molar-refractivity contribution < 1.29 is 9.59 Å². The average molecular weight is 390 g/mol. The van der Waals surface area contributed by atoms with Crippen LogP contribution >= 0.6 is 0 Å². The van der Waals surface area contributed by atoms with E-state index < -0.39 is 0 Å². The highest BCUT2D eigenvalue weighted by Crippen LogP contribution is 2.15. The number of aromatic nitrogens is 3. The summed E-state index contributed by atoms with van der Waals surface area (Å²) in [7, 11) is 1.91. The van der Waals surface area contributed by atoms with Crippen molar-refractivity contribution in [2.45, 2.75) is 13.3 Å². The van der Waals surface area contributed by atoms with Gasteiger partial charge in [-0.15, -0.1) is 0 Å². The molecule has 8 heteroatoms. The van der Waals surface area contributed by atoms with Crippen LogP contribution in [0.3, 0.4) is 0 Å². The minimum absolute atomic E-state index is 0.148. The van der Waals surface area contributed by atoms with Gasteiger partial charge in [0.1, 0.15) is 0 Å². The van der Waals surface area contributed by atoms with Gasteiger partial charge < -0.3 is 15.5 Å². The molecule has 0 bridgehead atoms. The van der Waals surface area contributed by atoms with Crippen LogP contribution in [0.5, 0.6) is 0 Å². The highest BCUT2D eigenvalue weighted by Gasteiger charge is 2.10. The van der Waals surface area contributed by atoms with Crippen LogP contribution in [-0.4, -0.2) is 40.4 Å². The summed E-state index contributed by atoms with van der Waals surface area (Å²) >= 11 is 0. The molecule has 0 saturated heterocycles. The zero-order valence-corrected chi connectivity index (χ0v) is 16.3. The zero-order chi connectivity index (χ0) is 20.6. The molecule has 0 unspecified atom stereocenters. The second-order valence-electron chi connectivity index (χ2n) is 6.51. The van der Waals surface area contributed by atoms with E-state index in [9.17, 15) is 9.59 Å². The van der Waals surface area contributed by atoms with Gasteiger partial charge in [0.25, 0.3) is 5.91 Å². The summed E-state index contributed by atoms with van der Waals surface area (Å²) in [5.74, 6) is 0.100. The number of likely N-dealkylation sites (N-methyl/N-ethyl adjacent to an activating group) is 1. The molecule has 2 heterocycles. The molecule has 3 rings (SSSR count). The summed E-state index contributed by atoms with van der Waals surface area (Å²) < 4.78 is 0. The largest absolute Gasteiger partial charge is 0.344 e. The van der Waals surface area contributed by atoms with E-state index in [4.69, 9.17) is 0 Å². The normalized spacial score (nSPS) is 10.3. The lowest BCUT2D eigenvalue weighted by atomic mass is 10.2. The third-order valence-corrected chi connectivity index (χ3v) is 4.19. The molecule has 0 aliphatic carbocycles. The van der Waals surface area contributed by atoms with Crippen molar-refractivity contribution in [3.8, 4) is 0 Å². The second-order valence-corrected chi connectivity index (χ2v) is 6.51. The fourth-order valence-corrected chi connectivity index (χ4v) is 2.63. The lowest BCUT2D eigenvalue weighted by Gasteiger charge is -2.16. The fraction of sp³-hybridized carbons (Fsp3) is 0.190. The number of carbonyl (C=O) groups excluding carboxylic acids is 2. The van der Waals surface area contributed by atoms with Crippen LogP contribution in [0.25, 0.3) is 0 Å². The van der Waals surface area contributed by atoms with Gasteiger partial charge in [-0.3, -0.25) is 14.6 Å². The SMILES string of the molecule is CC(=O)Nc1ccc(NC(=O)c2cnc(N(C)CCc3ccncc3)nc2)cc1. The molecule has 29 heavy (non-hydrogen) atoms. The molecule has 0 radical (unpaired) electrons. The van der Waals surface area contributed by atoms with Gasteiger partial charge in [0, 0.05) is 56.7 Å². The third kappa shape index (κ3) is 5.83. The van der Waals surface area contributed by atoms with Gasteiger partial charge in [-0.1, -0.05) is 0 Å². The minimum Gasteiger partial charge on any atom is -0.344 e. The van der Waals surface area contributed by atoms with Crippen molar-refractivity contribution in [2.24, 2.45) is 0 Å². The number of hydrogen-bond donors (Lipinski definition) is 2. The van der Waals surface area contributed by atoms with E-state index in [-0.39, 0.29) is 11.8 Å². The molecule has 2 aromatic heterocycles. The number of nitrogens with zero attached hydrogens (tertiary/aromatic N) is 4. The number of carbonyl (C=O) groups is 2. The first kappa shape index (κ1) is 19.9. The van der Waals surface area contributed by atoms with E-state index >= 15 is 0 Å². The molecule has 0 saturated carbocycles. The van der Waals surface area contributed by atoms with E-state index in [0.717, 1.165) is 13.0 Å². The van der Waals surface area contributed by atoms with E-state index in [1.807, 2.05) is 24.1 Å². The lowest BCUT2D eigenvalue weighted by Crippen LogP contribution is -2.23. The van der Waals surface area contributed by atoms with Crippen LogP contribution in [-0.2, 0) is 11.2 Å². The van der Waals surface area contributed by atoms with Crippen molar-refractivity contribution in [3.63, 3.8) is 0 Å². The number of pyridine rings is 1. The maximum absolute atomic E-state index is 12.4. The van der Waals surface area contributed by atoms with Crippen LogP contribution in [0.4, 0.5) is 17.3 Å². The highest BCUT2D eigenvalue weighted by atomic mass is 16.2. The first-order valence-electron chi connectivity index (χ1n) is 9.12. The van der Waals surface area contributed by atoms with Gasteiger partial charge in [-0.05, 0) is 48.4 Å². The quantitative estimate of drug-likeness (QED) is 0.643. The molecule has 2 N–H and O–H groups in total. The summed E-state index contributed by atoms with van der Waals surface area (Å²) in [6.07, 6.45) is 7.40. The number of benzene rings is 1. The first-order valence-corrected chi connectivity index (χ1v) is 9.12. The Hall–Kier alpha value is -3.81. The first-order chi connectivity index (χ1) is 14.0. The number of hydrogen-bond acceptors (Lipinski definition) is 6. The Morgan fingerprint density at radius 2 is 1.52 bits per heavy atom. The summed E-state index contributed by atoms with van der Waals surface area (Å²) in [6, 6.07) is 10.8. The minimum atomic E-state index is -0.303. The Kier molecular flexibility index (Phi) is 6.47. The number of nitrogens with one attached hydrogen (secondary N) is 2. The van der Waals surface area contributed by atoms with Gasteiger partial charge in [0.05, 0.1) is 5.56 Å². The van der Waals surface area contributed by atoms with E-state index in [1.165, 1.54) is 24.9 Å². The smallest absolute Gasteiger partial charge is 0.258 e. The molecule has 0 aliphatic rings. The van der Waals surface area contributed by atoms with Crippen molar-refractivity contribution in [3.05, 3.63) is 72.3 Å². The standard InChI is InChI=1S/C21H22N6O2/c1-15(28)25-18-3-5-19(6-4-18)26-20(29)17-13-23-21(24-14-17)27(2)12-9-16-7-10-22-11-8-16/h3-8,10-11,13-14H,9,12H2,1-2H3,(H,25,28)(H,26,29). The monoisotopic (exact) mass is 390 g/mol. The Morgan fingerprint density at radius 3 is 2.10 bits per heavy atom. The summed E-state index contributed by atoms with van der Waals surface area (Å²) in [5, 5.41) is 5.46. The number of amides is 2. The number of anilines is 3. The molecule has 0 aliphatic heterocycles. The molecule has 0 atom stereocenters. The van der Waals surface area contributed by atoms with Crippen molar-refractivity contribution in [2.75, 3.05) is 29.1 Å². The maximum Gasteiger partial charge on any atom is 0.258 e. The highest BCUT2D eigenvalue weighted by molar-refractivity contribution is 6.04. The molecular formula is C21H22N6O2. The number of rotatable bonds is 7. The molecule has 0 spiro atoms. The Bertz CT molecular complexity index is 959. The van der Waals surface area contributed by atoms with Crippen molar-refractivity contribution in [1.29, 1.82) is 0 Å². The molecule has 2 amide bonds. The molecule has 1 aromatic carbocycles. The van der Waals surface area contributed by atoms with Crippen molar-refractivity contribution in [1.82, 2.24) is 15.0 Å². The molecule has 0 fully saturated rings. The van der Waals surface area contributed by atoms with Crippen LogP contribution in [0.15, 0.2) is 61.2 Å². The molecule has 148 valence electrons. The average Bonchev–Trinajstić information content (AvgIpc) is 2.74. The van der Waals surface area contributed by atoms with Gasteiger partial charge in [0.15, 0.2) is 0 Å². The topological polar surface area (TPSA) is 100 Å². The van der Waals surface area contributed by atoms with Crippen LogP contribution in [0.1, 0.15) is 22.8 Å². The van der Waals surface area contributed by atoms with Crippen LogP contribution in [0.2, 0.25) is 0 Å². The van der Waals surface area contributed by atoms with E-state index in [0.29, 0.717) is 22.9 Å². The Morgan fingerprint density at radius 1 is 0.931 bits per heavy atom. The summed E-state index contributed by atoms with van der Waals surface area (Å²) in [5.41, 5.74) is 2.83.